The third-order valence-electron chi connectivity index (χ3n) is 4.54. The van der Waals surface area contributed by atoms with E-state index in [1.165, 1.54) is 17.7 Å². The van der Waals surface area contributed by atoms with Crippen LogP contribution in [0.2, 0.25) is 0 Å². The van der Waals surface area contributed by atoms with E-state index >= 15 is 0 Å². The van der Waals surface area contributed by atoms with Crippen LogP contribution in [0.3, 0.4) is 0 Å². The van der Waals surface area contributed by atoms with Gasteiger partial charge in [-0.15, -0.1) is 0 Å². The van der Waals surface area contributed by atoms with Crippen LogP contribution < -0.4 is 0 Å². The number of rotatable bonds is 4. The smallest absolute Gasteiger partial charge is 0.260 e. The molecule has 0 spiro atoms. The third-order valence-corrected chi connectivity index (χ3v) is 4.54. The van der Waals surface area contributed by atoms with Crippen LogP contribution in [0.25, 0.3) is 22.2 Å². The topological polar surface area (TPSA) is 61.0 Å². The number of nitrogens with zero attached hydrogens (tertiary/aromatic N) is 3. The number of para-hydroxylation sites is 1. The molecule has 26 heavy (non-hydrogen) atoms. The summed E-state index contributed by atoms with van der Waals surface area (Å²) in [6.45, 7) is 2.64. The van der Waals surface area contributed by atoms with Crippen molar-refractivity contribution in [3.63, 3.8) is 0 Å². The highest BCUT2D eigenvalue weighted by Crippen LogP contribution is 2.30. The molecule has 0 N–H and O–H groups in total. The fourth-order valence-electron chi connectivity index (χ4n) is 3.18. The lowest BCUT2D eigenvalue weighted by Gasteiger charge is -2.04. The zero-order valence-corrected chi connectivity index (χ0v) is 14.3. The first kappa shape index (κ1) is 16.0. The molecule has 1 heterocycles. The summed E-state index contributed by atoms with van der Waals surface area (Å²) in [4.78, 5) is 10.4. The first-order valence-corrected chi connectivity index (χ1v) is 8.38. The van der Waals surface area contributed by atoms with Crippen LogP contribution in [0.4, 0.5) is 5.69 Å². The summed E-state index contributed by atoms with van der Waals surface area (Å²) in [7, 11) is 0. The lowest BCUT2D eigenvalue weighted by atomic mass is 10.0. The van der Waals surface area contributed by atoms with Crippen molar-refractivity contribution >= 4 is 16.6 Å². The van der Waals surface area contributed by atoms with Crippen molar-refractivity contribution in [3.05, 3.63) is 94.0 Å². The predicted molar refractivity (Wildman–Crippen MR) is 102 cm³/mol. The van der Waals surface area contributed by atoms with E-state index in [-0.39, 0.29) is 10.6 Å². The van der Waals surface area contributed by atoms with Crippen molar-refractivity contribution in [2.75, 3.05) is 0 Å². The van der Waals surface area contributed by atoms with Crippen molar-refractivity contribution < 1.29 is 4.92 Å². The molecule has 4 aromatic rings. The Morgan fingerprint density at radius 3 is 2.38 bits per heavy atom. The van der Waals surface area contributed by atoms with Crippen molar-refractivity contribution in [1.29, 1.82) is 0 Å². The molecule has 1 aromatic heterocycles. The van der Waals surface area contributed by atoms with Crippen molar-refractivity contribution in [2.24, 2.45) is 0 Å². The average Bonchev–Trinajstić information content (AvgIpc) is 3.01. The highest BCUT2D eigenvalue weighted by atomic mass is 16.6. The van der Waals surface area contributed by atoms with Crippen molar-refractivity contribution in [3.8, 4) is 11.3 Å². The van der Waals surface area contributed by atoms with Gasteiger partial charge in [0.2, 0.25) is 0 Å². The number of aryl methyl sites for hydroxylation is 1. The fraction of sp³-hybridized carbons (Fsp3) is 0.0952. The highest BCUT2D eigenvalue weighted by Gasteiger charge is 2.14. The summed E-state index contributed by atoms with van der Waals surface area (Å²) in [6.07, 6.45) is 0. The minimum Gasteiger partial charge on any atom is -0.260 e. The molecule has 0 saturated heterocycles. The molecule has 0 saturated carbocycles. The maximum Gasteiger partial charge on any atom is 0.269 e. The van der Waals surface area contributed by atoms with E-state index in [0.29, 0.717) is 6.54 Å². The molecule has 0 bridgehead atoms. The summed E-state index contributed by atoms with van der Waals surface area (Å²) in [6, 6.07) is 23.0. The van der Waals surface area contributed by atoms with Crippen LogP contribution in [0.1, 0.15) is 11.1 Å². The molecular weight excluding hydrogens is 326 g/mol. The van der Waals surface area contributed by atoms with Crippen LogP contribution in [0, 0.1) is 17.0 Å². The highest BCUT2D eigenvalue weighted by molar-refractivity contribution is 5.94. The van der Waals surface area contributed by atoms with Gasteiger partial charge in [0.25, 0.3) is 5.69 Å². The van der Waals surface area contributed by atoms with Gasteiger partial charge in [0.15, 0.2) is 0 Å². The zero-order valence-electron chi connectivity index (χ0n) is 14.3. The molecule has 0 aliphatic rings. The lowest BCUT2D eigenvalue weighted by molar-refractivity contribution is -0.384. The van der Waals surface area contributed by atoms with Gasteiger partial charge >= 0.3 is 0 Å². The number of hydrogen-bond acceptors (Lipinski definition) is 3. The first-order valence-electron chi connectivity index (χ1n) is 8.38. The first-order chi connectivity index (χ1) is 12.6. The Bertz CT molecular complexity index is 1100. The maximum absolute atomic E-state index is 10.8. The van der Waals surface area contributed by atoms with Gasteiger partial charge in [0.1, 0.15) is 5.69 Å². The summed E-state index contributed by atoms with van der Waals surface area (Å²) < 4.78 is 1.96. The molecule has 5 heteroatoms. The van der Waals surface area contributed by atoms with Crippen LogP contribution in [-0.2, 0) is 6.54 Å². The summed E-state index contributed by atoms with van der Waals surface area (Å²) in [5.74, 6) is 0. The largest absolute Gasteiger partial charge is 0.269 e. The Kier molecular flexibility index (Phi) is 3.97. The second-order valence-electron chi connectivity index (χ2n) is 6.26. The van der Waals surface area contributed by atoms with E-state index in [1.54, 1.807) is 12.1 Å². The Labute approximate surface area is 150 Å². The number of non-ortho nitro benzene ring substituents is 1. The molecule has 4 rings (SSSR count). The molecule has 0 amide bonds. The van der Waals surface area contributed by atoms with E-state index in [1.807, 2.05) is 28.9 Å². The fourth-order valence-corrected chi connectivity index (χ4v) is 3.18. The standard InChI is InChI=1S/C21H17N3O2/c1-15-6-2-3-7-18(15)21-19-8-4-5-9-20(19)23(22-21)14-16-10-12-17(13-11-16)24(25)26/h2-13H,14H2,1H3. The van der Waals surface area contributed by atoms with Gasteiger partial charge in [-0.3, -0.25) is 14.8 Å². The van der Waals surface area contributed by atoms with Crippen LogP contribution in [0.15, 0.2) is 72.8 Å². The zero-order chi connectivity index (χ0) is 18.1. The number of nitro groups is 1. The number of hydrogen-bond donors (Lipinski definition) is 0. The van der Waals surface area contributed by atoms with E-state index in [9.17, 15) is 10.1 Å². The Hall–Kier alpha value is -3.47. The van der Waals surface area contributed by atoms with E-state index in [2.05, 4.69) is 31.2 Å². The maximum atomic E-state index is 10.8. The normalized spacial score (nSPS) is 11.0. The molecule has 0 unspecified atom stereocenters. The summed E-state index contributed by atoms with van der Waals surface area (Å²) in [5, 5.41) is 16.8. The molecule has 5 nitrogen and oxygen atoms in total. The monoisotopic (exact) mass is 343 g/mol. The molecule has 0 atom stereocenters. The van der Waals surface area contributed by atoms with E-state index in [4.69, 9.17) is 5.10 Å². The van der Waals surface area contributed by atoms with Gasteiger partial charge in [0.05, 0.1) is 17.0 Å². The quantitative estimate of drug-likeness (QED) is 0.388. The van der Waals surface area contributed by atoms with Crippen LogP contribution in [0.5, 0.6) is 0 Å². The molecule has 0 radical (unpaired) electrons. The van der Waals surface area contributed by atoms with Gasteiger partial charge in [0, 0.05) is 23.1 Å². The summed E-state index contributed by atoms with van der Waals surface area (Å²) in [5.41, 5.74) is 5.37. The Morgan fingerprint density at radius 2 is 1.65 bits per heavy atom. The van der Waals surface area contributed by atoms with Crippen molar-refractivity contribution in [1.82, 2.24) is 9.78 Å². The van der Waals surface area contributed by atoms with Gasteiger partial charge in [-0.25, -0.2) is 0 Å². The molecule has 0 aliphatic carbocycles. The van der Waals surface area contributed by atoms with Gasteiger partial charge < -0.3 is 0 Å². The van der Waals surface area contributed by atoms with Crippen molar-refractivity contribution in [2.45, 2.75) is 13.5 Å². The van der Waals surface area contributed by atoms with Crippen LogP contribution in [-0.4, -0.2) is 14.7 Å². The number of nitro benzene ring substituents is 1. The van der Waals surface area contributed by atoms with E-state index in [0.717, 1.165) is 27.7 Å². The Morgan fingerprint density at radius 1 is 0.962 bits per heavy atom. The number of fused-ring (bicyclic) bond motifs is 1. The van der Waals surface area contributed by atoms with Crippen LogP contribution >= 0.6 is 0 Å². The lowest BCUT2D eigenvalue weighted by Crippen LogP contribution is -2.02. The molecule has 3 aromatic carbocycles. The van der Waals surface area contributed by atoms with E-state index < -0.39 is 0 Å². The van der Waals surface area contributed by atoms with Gasteiger partial charge in [-0.2, -0.15) is 5.10 Å². The summed E-state index contributed by atoms with van der Waals surface area (Å²) >= 11 is 0. The number of benzene rings is 3. The predicted octanol–water partition coefficient (Wildman–Crippen LogP) is 4.97. The van der Waals surface area contributed by atoms with Gasteiger partial charge in [-0.05, 0) is 24.1 Å². The van der Waals surface area contributed by atoms with Gasteiger partial charge in [-0.1, -0.05) is 54.6 Å². The molecule has 0 aliphatic heterocycles. The minimum atomic E-state index is -0.386. The average molecular weight is 343 g/mol. The molecular formula is C21H17N3O2. The molecule has 128 valence electrons. The third kappa shape index (κ3) is 2.84. The Balaban J connectivity index is 1.79. The second-order valence-corrected chi connectivity index (χ2v) is 6.26. The minimum absolute atomic E-state index is 0.0969. The molecule has 0 fully saturated rings. The SMILES string of the molecule is Cc1ccccc1-c1nn(Cc2ccc([N+](=O)[O-])cc2)c2ccccc12. The number of aromatic nitrogens is 2. The second kappa shape index (κ2) is 6.44.